The Balaban J connectivity index is 1.46. The Morgan fingerprint density at radius 1 is 1.28 bits per heavy atom. The van der Waals surface area contributed by atoms with Crippen LogP contribution < -0.4 is 0 Å². The van der Waals surface area contributed by atoms with Crippen LogP contribution in [-0.2, 0) is 19.4 Å². The third-order valence-electron chi connectivity index (χ3n) is 5.80. The molecule has 0 amide bonds. The normalized spacial score (nSPS) is 15.4. The molecule has 1 aromatic carbocycles. The molecule has 4 aromatic rings. The Morgan fingerprint density at radius 3 is 3.03 bits per heavy atom. The molecule has 3 heterocycles. The van der Waals surface area contributed by atoms with Crippen molar-refractivity contribution in [3.63, 3.8) is 0 Å². The topological polar surface area (TPSA) is 83.2 Å². The van der Waals surface area contributed by atoms with E-state index in [0.717, 1.165) is 46.3 Å². The van der Waals surface area contributed by atoms with Gasteiger partial charge in [0.2, 0.25) is 0 Å². The lowest BCUT2D eigenvalue weighted by atomic mass is 9.76. The zero-order valence-corrected chi connectivity index (χ0v) is 16.7. The van der Waals surface area contributed by atoms with Crippen molar-refractivity contribution in [2.75, 3.05) is 0 Å². The lowest BCUT2D eigenvalue weighted by Crippen LogP contribution is -2.21. The number of nitrogens with zero attached hydrogens (tertiary/aromatic N) is 4. The van der Waals surface area contributed by atoms with Gasteiger partial charge in [-0.2, -0.15) is 10.2 Å². The summed E-state index contributed by atoms with van der Waals surface area (Å²) in [4.78, 5) is 4.65. The SMILES string of the molecule is CC1(C)CCc2c(-c3cc4cn(Cc5cccc(C=N)c5)nc4cn3)n[nH]c2C1. The highest BCUT2D eigenvalue weighted by atomic mass is 15.3. The van der Waals surface area contributed by atoms with E-state index in [0.29, 0.717) is 12.0 Å². The molecule has 0 radical (unpaired) electrons. The average Bonchev–Trinajstić information content (AvgIpc) is 3.29. The van der Waals surface area contributed by atoms with Crippen molar-refractivity contribution >= 4 is 17.1 Å². The van der Waals surface area contributed by atoms with E-state index in [-0.39, 0.29) is 0 Å². The van der Waals surface area contributed by atoms with E-state index < -0.39 is 0 Å². The fraction of sp³-hybridized carbons (Fsp3) is 0.304. The molecule has 0 aliphatic heterocycles. The largest absolute Gasteiger partial charge is 0.308 e. The second kappa shape index (κ2) is 6.65. The zero-order valence-electron chi connectivity index (χ0n) is 16.7. The Morgan fingerprint density at radius 2 is 2.17 bits per heavy atom. The second-order valence-corrected chi connectivity index (χ2v) is 8.71. The lowest BCUT2D eigenvalue weighted by Gasteiger charge is -2.29. The van der Waals surface area contributed by atoms with E-state index in [1.54, 1.807) is 0 Å². The molecule has 146 valence electrons. The standard InChI is InChI=1S/C23H24N6/c1-23(2)7-6-18-20(10-23)26-27-22(18)19-9-17-14-29(28-21(17)12-25-19)13-16-5-3-4-15(8-16)11-24/h3-5,8-9,11-12,14,24H,6-7,10,13H2,1-2H3,(H,26,27). The first-order chi connectivity index (χ1) is 14.0. The Hall–Kier alpha value is -3.28. The first-order valence-corrected chi connectivity index (χ1v) is 10.00. The van der Waals surface area contributed by atoms with Gasteiger partial charge in [0, 0.05) is 29.1 Å². The molecule has 2 N–H and O–H groups in total. The van der Waals surface area contributed by atoms with Crippen LogP contribution in [0.2, 0.25) is 0 Å². The number of pyridine rings is 1. The highest BCUT2D eigenvalue weighted by Crippen LogP contribution is 2.37. The first kappa shape index (κ1) is 17.8. The van der Waals surface area contributed by atoms with E-state index in [1.165, 1.54) is 23.9 Å². The summed E-state index contributed by atoms with van der Waals surface area (Å²) in [7, 11) is 0. The van der Waals surface area contributed by atoms with E-state index in [2.05, 4.69) is 52.5 Å². The molecule has 0 saturated heterocycles. The number of H-pyrrole nitrogens is 1. The monoisotopic (exact) mass is 384 g/mol. The van der Waals surface area contributed by atoms with Gasteiger partial charge in [-0.1, -0.05) is 32.0 Å². The number of hydrogen-bond acceptors (Lipinski definition) is 4. The molecule has 0 saturated carbocycles. The van der Waals surface area contributed by atoms with Gasteiger partial charge in [0.05, 0.1) is 18.4 Å². The van der Waals surface area contributed by atoms with Crippen LogP contribution >= 0.6 is 0 Å². The maximum atomic E-state index is 7.42. The van der Waals surface area contributed by atoms with Crippen LogP contribution in [0.15, 0.2) is 42.7 Å². The molecule has 5 rings (SSSR count). The predicted molar refractivity (Wildman–Crippen MR) is 114 cm³/mol. The van der Waals surface area contributed by atoms with Crippen LogP contribution in [0.1, 0.15) is 42.7 Å². The van der Waals surface area contributed by atoms with Gasteiger partial charge < -0.3 is 5.41 Å². The molecule has 0 bridgehead atoms. The van der Waals surface area contributed by atoms with Crippen molar-refractivity contribution in [1.82, 2.24) is 25.0 Å². The number of aromatic amines is 1. The van der Waals surface area contributed by atoms with Crippen LogP contribution in [0.3, 0.4) is 0 Å². The van der Waals surface area contributed by atoms with Crippen molar-refractivity contribution in [2.45, 2.75) is 39.7 Å². The second-order valence-electron chi connectivity index (χ2n) is 8.71. The fourth-order valence-corrected chi connectivity index (χ4v) is 4.22. The third-order valence-corrected chi connectivity index (χ3v) is 5.80. The molecule has 29 heavy (non-hydrogen) atoms. The number of aromatic nitrogens is 5. The molecule has 0 fully saturated rings. The molecule has 6 heteroatoms. The van der Waals surface area contributed by atoms with Crippen LogP contribution in [0.4, 0.5) is 0 Å². The summed E-state index contributed by atoms with van der Waals surface area (Å²) in [5.41, 5.74) is 7.66. The fourth-order valence-electron chi connectivity index (χ4n) is 4.22. The summed E-state index contributed by atoms with van der Waals surface area (Å²) >= 11 is 0. The predicted octanol–water partition coefficient (Wildman–Crippen LogP) is 4.38. The number of benzene rings is 1. The maximum Gasteiger partial charge on any atom is 0.114 e. The molecule has 0 unspecified atom stereocenters. The molecular formula is C23H24N6. The number of nitrogens with one attached hydrogen (secondary N) is 2. The quantitative estimate of drug-likeness (QED) is 0.512. The minimum Gasteiger partial charge on any atom is -0.308 e. The minimum atomic E-state index is 0.324. The molecule has 3 aromatic heterocycles. The van der Waals surface area contributed by atoms with Crippen LogP contribution in [0.25, 0.3) is 22.3 Å². The van der Waals surface area contributed by atoms with Crippen molar-refractivity contribution in [2.24, 2.45) is 5.41 Å². The van der Waals surface area contributed by atoms with Crippen LogP contribution in [0.5, 0.6) is 0 Å². The van der Waals surface area contributed by atoms with Gasteiger partial charge in [-0.3, -0.25) is 14.8 Å². The summed E-state index contributed by atoms with van der Waals surface area (Å²) in [6.45, 7) is 5.29. The molecule has 1 aliphatic carbocycles. The van der Waals surface area contributed by atoms with E-state index in [1.807, 2.05) is 29.1 Å². The van der Waals surface area contributed by atoms with E-state index in [9.17, 15) is 0 Å². The third kappa shape index (κ3) is 3.35. The maximum absolute atomic E-state index is 7.42. The molecule has 0 spiro atoms. The Labute approximate surface area is 169 Å². The van der Waals surface area contributed by atoms with Gasteiger partial charge in [0.1, 0.15) is 11.2 Å². The number of rotatable bonds is 4. The van der Waals surface area contributed by atoms with E-state index in [4.69, 9.17) is 5.41 Å². The summed E-state index contributed by atoms with van der Waals surface area (Å²) in [5, 5.41) is 21.0. The summed E-state index contributed by atoms with van der Waals surface area (Å²) < 4.78 is 1.93. The smallest absolute Gasteiger partial charge is 0.114 e. The van der Waals surface area contributed by atoms with Crippen molar-refractivity contribution in [1.29, 1.82) is 5.41 Å². The summed E-state index contributed by atoms with van der Waals surface area (Å²) in [5.74, 6) is 0. The molecular weight excluding hydrogens is 360 g/mol. The summed E-state index contributed by atoms with van der Waals surface area (Å²) in [6, 6.07) is 10.1. The summed E-state index contributed by atoms with van der Waals surface area (Å²) in [6.07, 6.45) is 8.50. The van der Waals surface area contributed by atoms with Crippen molar-refractivity contribution < 1.29 is 0 Å². The van der Waals surface area contributed by atoms with Crippen molar-refractivity contribution in [3.05, 3.63) is 65.1 Å². The van der Waals surface area contributed by atoms with Gasteiger partial charge in [0.15, 0.2) is 0 Å². The van der Waals surface area contributed by atoms with E-state index >= 15 is 0 Å². The number of fused-ring (bicyclic) bond motifs is 2. The van der Waals surface area contributed by atoms with Crippen molar-refractivity contribution in [3.8, 4) is 11.4 Å². The van der Waals surface area contributed by atoms with Gasteiger partial charge in [-0.15, -0.1) is 0 Å². The van der Waals surface area contributed by atoms with Gasteiger partial charge >= 0.3 is 0 Å². The Bertz CT molecular complexity index is 1210. The molecule has 1 aliphatic rings. The van der Waals surface area contributed by atoms with Crippen LogP contribution in [-0.4, -0.2) is 31.2 Å². The lowest BCUT2D eigenvalue weighted by molar-refractivity contribution is 0.312. The highest BCUT2D eigenvalue weighted by molar-refractivity contribution is 5.81. The average molecular weight is 384 g/mol. The molecule has 6 nitrogen and oxygen atoms in total. The van der Waals surface area contributed by atoms with Crippen LogP contribution in [0, 0.1) is 10.8 Å². The minimum absolute atomic E-state index is 0.324. The first-order valence-electron chi connectivity index (χ1n) is 10.00. The van der Waals surface area contributed by atoms with Gasteiger partial charge in [-0.05, 0) is 47.9 Å². The van der Waals surface area contributed by atoms with Gasteiger partial charge in [-0.25, -0.2) is 0 Å². The van der Waals surface area contributed by atoms with Gasteiger partial charge in [0.25, 0.3) is 0 Å². The number of hydrogen-bond donors (Lipinski definition) is 2. The molecule has 0 atom stereocenters. The highest BCUT2D eigenvalue weighted by Gasteiger charge is 2.29. The Kier molecular flexibility index (Phi) is 4.08. The zero-order chi connectivity index (χ0) is 20.0.